The van der Waals surface area contributed by atoms with Gasteiger partial charge in [-0.15, -0.1) is 0 Å². The van der Waals surface area contributed by atoms with Gasteiger partial charge in [-0.05, 0) is 0 Å². The van der Waals surface area contributed by atoms with Gasteiger partial charge in [-0.2, -0.15) is 0 Å². The second-order valence-electron chi connectivity index (χ2n) is 0. The summed E-state index contributed by atoms with van der Waals surface area (Å²) in [5.41, 5.74) is 0. The molecule has 0 fully saturated rings. The molecule has 0 aliphatic heterocycles. The van der Waals surface area contributed by atoms with E-state index in [4.69, 9.17) is 0 Å². The van der Waals surface area contributed by atoms with Crippen molar-refractivity contribution in [2.24, 2.45) is 0 Å². The van der Waals surface area contributed by atoms with Crippen molar-refractivity contribution in [3.05, 3.63) is 0 Å². The minimum Gasteiger partial charge on any atom is -2.00 e. The van der Waals surface area contributed by atoms with E-state index in [0.717, 1.165) is 0 Å². The summed E-state index contributed by atoms with van der Waals surface area (Å²) < 4.78 is 0. The van der Waals surface area contributed by atoms with E-state index in [1.165, 1.54) is 0 Å². The van der Waals surface area contributed by atoms with Crippen molar-refractivity contribution in [3.63, 3.8) is 0 Å². The summed E-state index contributed by atoms with van der Waals surface area (Å²) in [7, 11) is 0. The molecule has 0 atom stereocenters. The summed E-state index contributed by atoms with van der Waals surface area (Å²) in [6.07, 6.45) is 0. The molecule has 0 rings (SSSR count). The van der Waals surface area contributed by atoms with E-state index in [-0.39, 0.29) is 74.9 Å². The Bertz CT molecular complexity index is 9.65. The Morgan fingerprint density at radius 3 is 0.714 bits per heavy atom. The molecule has 4 nitrogen and oxygen atoms in total. The van der Waals surface area contributed by atoms with Crippen LogP contribution in [0.4, 0.5) is 0 Å². The van der Waals surface area contributed by atoms with Crippen molar-refractivity contribution in [1.29, 1.82) is 0 Å². The first-order chi connectivity index (χ1) is 0. The van der Waals surface area contributed by atoms with Crippen molar-refractivity contribution >= 4 is 0 Å². The monoisotopic (exact) mass is 184 g/mol. The topological polar surface area (TPSA) is 118 Å². The molecule has 2 radical (unpaired) electrons. The smallest absolute Gasteiger partial charge is 2.00 e. The van der Waals surface area contributed by atoms with E-state index in [9.17, 15) is 0 Å². The number of hydrogen-bond donors (Lipinski definition) is 0. The fourth-order valence-electron chi connectivity index (χ4n) is 0. The van der Waals surface area contributed by atoms with Crippen LogP contribution in [0, 0.1) is 0 Å². The van der Waals surface area contributed by atoms with Crippen molar-refractivity contribution in [2.75, 3.05) is 0 Å². The van der Waals surface area contributed by atoms with Gasteiger partial charge in [0.05, 0.1) is 0 Å². The first-order valence-electron chi connectivity index (χ1n) is 0. The Hall–Kier alpha value is 1.48. The van der Waals surface area contributed by atoms with Gasteiger partial charge >= 0.3 is 53.0 Å². The van der Waals surface area contributed by atoms with Crippen molar-refractivity contribution in [3.8, 4) is 0 Å². The molecule has 42 valence electrons. The molecule has 0 heterocycles. The summed E-state index contributed by atoms with van der Waals surface area (Å²) in [6.45, 7) is 0. The van der Waals surface area contributed by atoms with Crippen LogP contribution in [0.15, 0.2) is 0 Å². The molecule has 7 heavy (non-hydrogen) atoms. The van der Waals surface area contributed by atoms with Gasteiger partial charge in [0.15, 0.2) is 0 Å². The normalized spacial score (nSPS) is 0. The molecule has 0 aliphatic rings. The van der Waals surface area contributed by atoms with Gasteiger partial charge in [0.1, 0.15) is 0 Å². The van der Waals surface area contributed by atoms with Crippen LogP contribution in [0.25, 0.3) is 0 Å². The zero-order valence-corrected chi connectivity index (χ0v) is 5.88. The Balaban J connectivity index is 0. The Morgan fingerprint density at radius 1 is 0.714 bits per heavy atom. The molecule has 0 aromatic heterocycles. The first-order valence-corrected chi connectivity index (χ1v) is 0. The molecule has 0 aromatic rings. The van der Waals surface area contributed by atoms with Gasteiger partial charge in [-0.3, -0.25) is 0 Å². The maximum absolute atomic E-state index is 0. The minimum absolute atomic E-state index is 0. The molecule has 0 aromatic carbocycles. The molecular formula is H3LiMn2O4. The van der Waals surface area contributed by atoms with E-state index in [0.29, 0.717) is 0 Å². The van der Waals surface area contributed by atoms with Crippen LogP contribution in [0.3, 0.4) is 0 Å². The van der Waals surface area contributed by atoms with E-state index in [1.54, 1.807) is 0 Å². The first kappa shape index (κ1) is 217. The molecule has 0 saturated carbocycles. The zero-order valence-electron chi connectivity index (χ0n) is 3.52. The third-order valence-electron chi connectivity index (χ3n) is 0. The van der Waals surface area contributed by atoms with Gasteiger partial charge in [-0.1, -0.05) is 0 Å². The second kappa shape index (κ2) is 144. The van der Waals surface area contributed by atoms with Crippen LogP contribution in [0.2, 0.25) is 0 Å². The molecule has 0 aliphatic carbocycles. The summed E-state index contributed by atoms with van der Waals surface area (Å²) in [4.78, 5) is 0. The zero-order chi connectivity index (χ0) is 0. The Labute approximate surface area is 74.8 Å². The van der Waals surface area contributed by atoms with Gasteiger partial charge in [0.25, 0.3) is 0 Å². The number of rotatable bonds is 0. The average molecular weight is 184 g/mol. The van der Waals surface area contributed by atoms with Gasteiger partial charge in [0.2, 0.25) is 0 Å². The third kappa shape index (κ3) is 103. The van der Waals surface area contributed by atoms with Crippen LogP contribution in [0.1, 0.15) is 0 Å². The second-order valence-corrected chi connectivity index (χ2v) is 0. The third-order valence-corrected chi connectivity index (χ3v) is 0. The van der Waals surface area contributed by atoms with Crippen LogP contribution in [-0.4, -0.2) is 11.0 Å². The molecular weight excluding hydrogens is 181 g/mol. The molecule has 0 amide bonds. The predicted octanol–water partition coefficient (Wildman–Crippen LogP) is -4.24. The molecule has 3 N–H and O–H groups in total. The maximum Gasteiger partial charge on any atom is 2.00 e. The summed E-state index contributed by atoms with van der Waals surface area (Å²) in [5, 5.41) is 0. The van der Waals surface area contributed by atoms with Crippen molar-refractivity contribution in [1.82, 2.24) is 0 Å². The Morgan fingerprint density at radius 2 is 0.714 bits per heavy atom. The van der Waals surface area contributed by atoms with E-state index >= 15 is 0 Å². The SMILES string of the molecule is O.[Li+].[Mn+2].[Mn+2].[O-2].[O-2].[OH-]. The molecule has 7 heteroatoms. The van der Waals surface area contributed by atoms with Gasteiger partial charge in [0, 0.05) is 0 Å². The molecule has 0 bridgehead atoms. The Kier molecular flexibility index (Phi) is 4470. The van der Waals surface area contributed by atoms with Crippen molar-refractivity contribution in [2.45, 2.75) is 0 Å². The van der Waals surface area contributed by atoms with Crippen LogP contribution >= 0.6 is 0 Å². The van der Waals surface area contributed by atoms with E-state index in [1.807, 2.05) is 0 Å². The summed E-state index contributed by atoms with van der Waals surface area (Å²) in [5.74, 6) is 0. The van der Waals surface area contributed by atoms with Crippen LogP contribution in [-0.2, 0) is 45.1 Å². The average Bonchev–Trinajstić information content (AvgIpc) is 0. The van der Waals surface area contributed by atoms with Crippen molar-refractivity contribution < 1.29 is 74.9 Å². The summed E-state index contributed by atoms with van der Waals surface area (Å²) in [6, 6.07) is 0. The summed E-state index contributed by atoms with van der Waals surface area (Å²) >= 11 is 0. The quantitative estimate of drug-likeness (QED) is 0.348. The standard InChI is InChI=1S/Li.2Mn.2H2O.2O/h;;;2*1H2;;/q+1;2*+2;;;2*-2/p-1. The predicted molar refractivity (Wildman–Crippen MR) is 6.92 cm³/mol. The number of hydrogen-bond acceptors (Lipinski definition) is 1. The van der Waals surface area contributed by atoms with E-state index < -0.39 is 0 Å². The largest absolute Gasteiger partial charge is 2.00 e. The fraction of sp³-hybridized carbons (Fsp3) is 0. The van der Waals surface area contributed by atoms with Gasteiger partial charge < -0.3 is 21.9 Å². The van der Waals surface area contributed by atoms with Crippen LogP contribution < -0.4 is 18.9 Å². The molecule has 0 spiro atoms. The van der Waals surface area contributed by atoms with Gasteiger partial charge in [-0.25, -0.2) is 0 Å². The maximum atomic E-state index is 0. The molecule has 0 saturated heterocycles. The van der Waals surface area contributed by atoms with Crippen LogP contribution in [0.5, 0.6) is 0 Å². The fourth-order valence-corrected chi connectivity index (χ4v) is 0. The molecule has 0 unspecified atom stereocenters. The van der Waals surface area contributed by atoms with E-state index in [2.05, 4.69) is 0 Å². The minimum atomic E-state index is 0.